The van der Waals surface area contributed by atoms with E-state index >= 15 is 0 Å². The standard InChI is InChI=1S/C15H28N4O3S2/c1-16-15(19-11-3-4-13(9-11)23-2)17-7-5-14(20)18-12-6-8-24(21,22)10-12/h11-13H,3-10H2,1-2H3,(H,18,20)(H2,16,17,19). The van der Waals surface area contributed by atoms with Crippen LogP contribution in [0.4, 0.5) is 0 Å². The second-order valence-electron chi connectivity index (χ2n) is 6.43. The molecule has 2 aliphatic rings. The number of amides is 1. The van der Waals surface area contributed by atoms with Gasteiger partial charge in [-0.1, -0.05) is 0 Å². The number of carbonyl (C=O) groups excluding carboxylic acids is 1. The first-order chi connectivity index (χ1) is 11.4. The van der Waals surface area contributed by atoms with Crippen LogP contribution in [-0.4, -0.2) is 69.0 Å². The van der Waals surface area contributed by atoms with Crippen molar-refractivity contribution in [2.45, 2.75) is 49.4 Å². The summed E-state index contributed by atoms with van der Waals surface area (Å²) >= 11 is 1.91. The number of rotatable bonds is 6. The van der Waals surface area contributed by atoms with Gasteiger partial charge in [-0.05, 0) is 31.9 Å². The number of hydrogen-bond donors (Lipinski definition) is 3. The second kappa shape index (κ2) is 8.94. The lowest BCUT2D eigenvalue weighted by molar-refractivity contribution is -0.121. The molecule has 1 amide bonds. The monoisotopic (exact) mass is 376 g/mol. The highest BCUT2D eigenvalue weighted by Crippen LogP contribution is 2.27. The van der Waals surface area contributed by atoms with E-state index in [0.717, 1.165) is 18.8 Å². The molecule has 0 radical (unpaired) electrons. The molecule has 138 valence electrons. The van der Waals surface area contributed by atoms with Gasteiger partial charge >= 0.3 is 0 Å². The average molecular weight is 377 g/mol. The highest BCUT2D eigenvalue weighted by molar-refractivity contribution is 7.99. The maximum atomic E-state index is 11.9. The Labute approximate surface area is 148 Å². The molecule has 1 heterocycles. The van der Waals surface area contributed by atoms with Crippen LogP contribution in [0.25, 0.3) is 0 Å². The molecule has 24 heavy (non-hydrogen) atoms. The van der Waals surface area contributed by atoms with Crippen molar-refractivity contribution in [3.05, 3.63) is 0 Å². The molecule has 1 aliphatic heterocycles. The van der Waals surface area contributed by atoms with Gasteiger partial charge in [0.2, 0.25) is 5.91 Å². The molecule has 0 aromatic carbocycles. The molecule has 2 fully saturated rings. The van der Waals surface area contributed by atoms with Gasteiger partial charge < -0.3 is 16.0 Å². The molecular weight excluding hydrogens is 348 g/mol. The number of nitrogens with zero attached hydrogens (tertiary/aromatic N) is 1. The molecule has 9 heteroatoms. The van der Waals surface area contributed by atoms with Crippen LogP contribution in [0.5, 0.6) is 0 Å². The van der Waals surface area contributed by atoms with Crippen LogP contribution in [0.15, 0.2) is 4.99 Å². The number of carbonyl (C=O) groups is 1. The zero-order valence-corrected chi connectivity index (χ0v) is 16.0. The number of hydrogen-bond acceptors (Lipinski definition) is 5. The summed E-state index contributed by atoms with van der Waals surface area (Å²) < 4.78 is 22.8. The van der Waals surface area contributed by atoms with Gasteiger partial charge in [-0.15, -0.1) is 0 Å². The smallest absolute Gasteiger partial charge is 0.222 e. The maximum Gasteiger partial charge on any atom is 0.222 e. The summed E-state index contributed by atoms with van der Waals surface area (Å²) in [6, 6.07) is 0.202. The number of sulfone groups is 1. The van der Waals surface area contributed by atoms with E-state index in [9.17, 15) is 13.2 Å². The van der Waals surface area contributed by atoms with E-state index in [1.54, 1.807) is 7.05 Å². The van der Waals surface area contributed by atoms with E-state index < -0.39 is 9.84 Å². The largest absolute Gasteiger partial charge is 0.356 e. The van der Waals surface area contributed by atoms with E-state index in [-0.39, 0.29) is 23.5 Å². The van der Waals surface area contributed by atoms with Crippen molar-refractivity contribution in [2.75, 3.05) is 31.4 Å². The first kappa shape index (κ1) is 19.4. The number of guanidine groups is 1. The van der Waals surface area contributed by atoms with Crippen LogP contribution in [0.1, 0.15) is 32.1 Å². The molecule has 0 aromatic heterocycles. The number of aliphatic imine (C=N–C) groups is 1. The number of thioether (sulfide) groups is 1. The zero-order valence-electron chi connectivity index (χ0n) is 14.4. The fourth-order valence-electron chi connectivity index (χ4n) is 3.18. The fraction of sp³-hybridized carbons (Fsp3) is 0.867. The maximum absolute atomic E-state index is 11.9. The molecule has 0 aromatic rings. The highest BCUT2D eigenvalue weighted by Gasteiger charge is 2.28. The van der Waals surface area contributed by atoms with Gasteiger partial charge in [0.1, 0.15) is 0 Å². The molecule has 3 N–H and O–H groups in total. The lowest BCUT2D eigenvalue weighted by Crippen LogP contribution is -2.44. The van der Waals surface area contributed by atoms with Gasteiger partial charge in [0.15, 0.2) is 15.8 Å². The van der Waals surface area contributed by atoms with Gasteiger partial charge in [-0.3, -0.25) is 9.79 Å². The molecule has 2 rings (SSSR count). The van der Waals surface area contributed by atoms with Crippen LogP contribution in [0.3, 0.4) is 0 Å². The lowest BCUT2D eigenvalue weighted by atomic mass is 10.2. The third kappa shape index (κ3) is 6.16. The zero-order chi connectivity index (χ0) is 17.6. The molecule has 1 saturated carbocycles. The predicted molar refractivity (Wildman–Crippen MR) is 99.3 cm³/mol. The van der Waals surface area contributed by atoms with Crippen molar-refractivity contribution in [2.24, 2.45) is 4.99 Å². The normalized spacial score (nSPS) is 29.4. The Morgan fingerprint density at radius 3 is 2.58 bits per heavy atom. The van der Waals surface area contributed by atoms with E-state index in [2.05, 4.69) is 27.2 Å². The summed E-state index contributed by atoms with van der Waals surface area (Å²) in [5.74, 6) is 0.833. The Kier molecular flexibility index (Phi) is 7.21. The van der Waals surface area contributed by atoms with E-state index in [0.29, 0.717) is 30.7 Å². The molecule has 1 aliphatic carbocycles. The van der Waals surface area contributed by atoms with Gasteiger partial charge in [0, 0.05) is 37.3 Å². The van der Waals surface area contributed by atoms with Gasteiger partial charge in [0.05, 0.1) is 11.5 Å². The first-order valence-electron chi connectivity index (χ1n) is 8.41. The van der Waals surface area contributed by atoms with E-state index in [1.165, 1.54) is 6.42 Å². The molecule has 3 unspecified atom stereocenters. The summed E-state index contributed by atoms with van der Waals surface area (Å²) in [7, 11) is -1.24. The van der Waals surface area contributed by atoms with E-state index in [4.69, 9.17) is 0 Å². The third-order valence-electron chi connectivity index (χ3n) is 4.52. The van der Waals surface area contributed by atoms with Gasteiger partial charge in [-0.25, -0.2) is 8.42 Å². The quantitative estimate of drug-likeness (QED) is 0.450. The van der Waals surface area contributed by atoms with Crippen molar-refractivity contribution in [1.29, 1.82) is 0 Å². The first-order valence-corrected chi connectivity index (χ1v) is 11.5. The Morgan fingerprint density at radius 2 is 2.00 bits per heavy atom. The van der Waals surface area contributed by atoms with Crippen molar-refractivity contribution in [3.8, 4) is 0 Å². The van der Waals surface area contributed by atoms with Crippen LogP contribution < -0.4 is 16.0 Å². The lowest BCUT2D eigenvalue weighted by Gasteiger charge is -2.17. The van der Waals surface area contributed by atoms with Crippen LogP contribution in [0.2, 0.25) is 0 Å². The molecule has 7 nitrogen and oxygen atoms in total. The predicted octanol–water partition coefficient (Wildman–Crippen LogP) is 0.129. The third-order valence-corrected chi connectivity index (χ3v) is 7.39. The Morgan fingerprint density at radius 1 is 1.21 bits per heavy atom. The van der Waals surface area contributed by atoms with E-state index in [1.807, 2.05) is 11.8 Å². The minimum Gasteiger partial charge on any atom is -0.356 e. The summed E-state index contributed by atoms with van der Waals surface area (Å²) in [6.45, 7) is 0.476. The van der Waals surface area contributed by atoms with Crippen LogP contribution >= 0.6 is 11.8 Å². The van der Waals surface area contributed by atoms with Gasteiger partial charge in [0.25, 0.3) is 0 Å². The van der Waals surface area contributed by atoms with Crippen molar-refractivity contribution < 1.29 is 13.2 Å². The highest BCUT2D eigenvalue weighted by atomic mass is 32.2. The molecule has 1 saturated heterocycles. The SMILES string of the molecule is CN=C(NCCC(=O)NC1CCS(=O)(=O)C1)NC1CCC(SC)C1. The van der Waals surface area contributed by atoms with Crippen molar-refractivity contribution in [1.82, 2.24) is 16.0 Å². The Bertz CT molecular complexity index is 565. The minimum atomic E-state index is -2.96. The summed E-state index contributed by atoms with van der Waals surface area (Å²) in [4.78, 5) is 16.1. The summed E-state index contributed by atoms with van der Waals surface area (Å²) in [6.07, 6.45) is 6.47. The topological polar surface area (TPSA) is 99.7 Å². The molecular formula is C15H28N4O3S2. The fourth-order valence-corrected chi connectivity index (χ4v) is 5.65. The Hall–Kier alpha value is -0.960. The molecule has 3 atom stereocenters. The second-order valence-corrected chi connectivity index (χ2v) is 9.80. The minimum absolute atomic E-state index is 0.0632. The number of nitrogens with one attached hydrogen (secondary N) is 3. The van der Waals surface area contributed by atoms with Crippen molar-refractivity contribution >= 4 is 33.5 Å². The summed E-state index contributed by atoms with van der Waals surface area (Å²) in [5.41, 5.74) is 0. The average Bonchev–Trinajstić information content (AvgIpc) is 3.12. The summed E-state index contributed by atoms with van der Waals surface area (Å²) in [5, 5.41) is 10.1. The van der Waals surface area contributed by atoms with Crippen LogP contribution in [-0.2, 0) is 14.6 Å². The Balaban J connectivity index is 1.64. The van der Waals surface area contributed by atoms with Crippen molar-refractivity contribution in [3.63, 3.8) is 0 Å². The molecule has 0 spiro atoms. The van der Waals surface area contributed by atoms with Gasteiger partial charge in [-0.2, -0.15) is 11.8 Å². The van der Waals surface area contributed by atoms with Crippen LogP contribution in [0, 0.1) is 0 Å². The molecule has 0 bridgehead atoms.